The number of sulfonamides is 1. The van der Waals surface area contributed by atoms with Crippen molar-refractivity contribution in [2.75, 3.05) is 4.72 Å². The lowest BCUT2D eigenvalue weighted by Crippen LogP contribution is -2.44. The number of aryl methyl sites for hydroxylation is 1. The summed E-state index contributed by atoms with van der Waals surface area (Å²) in [7, 11) is -3.92. The van der Waals surface area contributed by atoms with Gasteiger partial charge in [-0.15, -0.1) is 0 Å². The van der Waals surface area contributed by atoms with Gasteiger partial charge in [-0.25, -0.2) is 18.0 Å². The maximum absolute atomic E-state index is 12.8. The molecule has 0 aliphatic carbocycles. The summed E-state index contributed by atoms with van der Waals surface area (Å²) in [5, 5.41) is 12.3. The van der Waals surface area contributed by atoms with Crippen LogP contribution in [0, 0.1) is 6.92 Å². The van der Waals surface area contributed by atoms with Crippen molar-refractivity contribution in [3.63, 3.8) is 0 Å². The van der Waals surface area contributed by atoms with Gasteiger partial charge in [0.1, 0.15) is 11.6 Å². The Morgan fingerprint density at radius 2 is 1.74 bits per heavy atom. The molecule has 0 aliphatic heterocycles. The van der Waals surface area contributed by atoms with E-state index < -0.39 is 33.7 Å². The number of aliphatic carboxylic acids is 1. The largest absolute Gasteiger partial charge is 0.480 e. The van der Waals surface area contributed by atoms with Gasteiger partial charge < -0.3 is 15.2 Å². The van der Waals surface area contributed by atoms with Gasteiger partial charge in [-0.05, 0) is 75.2 Å². The average Bonchev–Trinajstić information content (AvgIpc) is 2.62. The summed E-state index contributed by atoms with van der Waals surface area (Å²) in [6.07, 6.45) is -0.990. The van der Waals surface area contributed by atoms with Gasteiger partial charge in [0.2, 0.25) is 0 Å². The first-order chi connectivity index (χ1) is 14.3. The van der Waals surface area contributed by atoms with Crippen LogP contribution >= 0.6 is 11.6 Å². The summed E-state index contributed by atoms with van der Waals surface area (Å²) >= 11 is 5.82. The summed E-state index contributed by atoms with van der Waals surface area (Å²) in [5.41, 5.74) is 0.691. The fraction of sp³-hybridized carbons (Fsp3) is 0.333. The maximum Gasteiger partial charge on any atom is 0.408 e. The van der Waals surface area contributed by atoms with Crippen molar-refractivity contribution < 1.29 is 27.9 Å². The first-order valence-electron chi connectivity index (χ1n) is 9.37. The lowest BCUT2D eigenvalue weighted by molar-refractivity contribution is -0.139. The topological polar surface area (TPSA) is 122 Å². The van der Waals surface area contributed by atoms with E-state index in [1.165, 1.54) is 24.3 Å². The Balaban J connectivity index is 2.24. The molecule has 0 saturated heterocycles. The molecule has 1 amide bonds. The molecule has 168 valence electrons. The standard InChI is InChI=1S/C21H25ClN2O6S/c1-13-5-10-17(31(28,29)24-16-8-6-15(22)7-9-16)11-14(13)12-18(19(25)26)23-20(27)30-21(2,3)4/h5-11,18,24H,12H2,1-4H3,(H,23,27)(H,25,26)/t18-/m0/s1. The van der Waals surface area contributed by atoms with Crippen molar-refractivity contribution in [2.24, 2.45) is 0 Å². The number of carboxylic acid groups (broad SMARTS) is 1. The van der Waals surface area contributed by atoms with Crippen LogP contribution in [0.15, 0.2) is 47.4 Å². The molecule has 10 heteroatoms. The van der Waals surface area contributed by atoms with Crippen LogP contribution in [0.3, 0.4) is 0 Å². The molecule has 8 nitrogen and oxygen atoms in total. The molecule has 0 aliphatic rings. The Hall–Kier alpha value is -2.78. The van der Waals surface area contributed by atoms with Crippen molar-refractivity contribution >= 4 is 39.4 Å². The first-order valence-corrected chi connectivity index (χ1v) is 11.2. The van der Waals surface area contributed by atoms with E-state index in [1.54, 1.807) is 45.9 Å². The molecule has 0 unspecified atom stereocenters. The van der Waals surface area contributed by atoms with Crippen molar-refractivity contribution in [1.82, 2.24) is 5.32 Å². The highest BCUT2D eigenvalue weighted by molar-refractivity contribution is 7.92. The Morgan fingerprint density at radius 1 is 1.13 bits per heavy atom. The number of anilines is 1. The highest BCUT2D eigenvalue weighted by Crippen LogP contribution is 2.22. The SMILES string of the molecule is Cc1ccc(S(=O)(=O)Nc2ccc(Cl)cc2)cc1C[C@H](NC(=O)OC(C)(C)C)C(=O)O. The third-order valence-corrected chi connectivity index (χ3v) is 5.77. The Kier molecular flexibility index (Phi) is 7.56. The normalized spacial score (nSPS) is 12.7. The molecule has 0 radical (unpaired) electrons. The second kappa shape index (κ2) is 9.57. The minimum Gasteiger partial charge on any atom is -0.480 e. The number of halogens is 1. The minimum atomic E-state index is -3.92. The molecule has 0 aromatic heterocycles. The van der Waals surface area contributed by atoms with Gasteiger partial charge in [-0.2, -0.15) is 0 Å². The summed E-state index contributed by atoms with van der Waals surface area (Å²) in [6.45, 7) is 6.71. The van der Waals surface area contributed by atoms with Crippen molar-refractivity contribution in [1.29, 1.82) is 0 Å². The number of alkyl carbamates (subject to hydrolysis) is 1. The minimum absolute atomic E-state index is 0.0375. The van der Waals surface area contributed by atoms with Gasteiger partial charge in [0.15, 0.2) is 0 Å². The van der Waals surface area contributed by atoms with Crippen molar-refractivity contribution in [2.45, 2.75) is 50.7 Å². The second-order valence-electron chi connectivity index (χ2n) is 7.94. The summed E-state index contributed by atoms with van der Waals surface area (Å²) in [6, 6.07) is 9.27. The zero-order chi connectivity index (χ0) is 23.4. The van der Waals surface area contributed by atoms with Gasteiger partial charge in [0.25, 0.3) is 10.0 Å². The Morgan fingerprint density at radius 3 is 2.29 bits per heavy atom. The second-order valence-corrected chi connectivity index (χ2v) is 10.1. The van der Waals surface area contributed by atoms with Crippen LogP contribution in [0.4, 0.5) is 10.5 Å². The highest BCUT2D eigenvalue weighted by atomic mass is 35.5. The van der Waals surface area contributed by atoms with E-state index >= 15 is 0 Å². The van der Waals surface area contributed by atoms with Gasteiger partial charge in [0.05, 0.1) is 4.90 Å². The number of carboxylic acids is 1. The van der Waals surface area contributed by atoms with Crippen LogP contribution in [-0.2, 0) is 26.0 Å². The number of rotatable bonds is 7. The number of carbonyl (C=O) groups is 2. The third-order valence-electron chi connectivity index (χ3n) is 4.14. The number of carbonyl (C=O) groups excluding carboxylic acids is 1. The molecule has 3 N–H and O–H groups in total. The van der Waals surface area contributed by atoms with E-state index in [2.05, 4.69) is 10.0 Å². The van der Waals surface area contributed by atoms with Gasteiger partial charge in [-0.3, -0.25) is 4.72 Å². The molecule has 0 bridgehead atoms. The zero-order valence-corrected chi connectivity index (χ0v) is 19.2. The quantitative estimate of drug-likeness (QED) is 0.565. The van der Waals surface area contributed by atoms with E-state index in [4.69, 9.17) is 16.3 Å². The molecular weight excluding hydrogens is 444 g/mol. The molecule has 0 heterocycles. The van der Waals surface area contributed by atoms with Crippen LogP contribution in [0.2, 0.25) is 5.02 Å². The molecule has 0 saturated carbocycles. The summed E-state index contributed by atoms with van der Waals surface area (Å²) < 4.78 is 33.1. The van der Waals surface area contributed by atoms with Gasteiger partial charge in [0, 0.05) is 17.1 Å². The molecule has 2 aromatic rings. The fourth-order valence-electron chi connectivity index (χ4n) is 2.64. The monoisotopic (exact) mass is 468 g/mol. The van der Waals surface area contributed by atoms with Crippen LogP contribution in [0.5, 0.6) is 0 Å². The van der Waals surface area contributed by atoms with Crippen LogP contribution < -0.4 is 10.0 Å². The fourth-order valence-corrected chi connectivity index (χ4v) is 3.87. The molecular formula is C21H25ClN2O6S. The van der Waals surface area contributed by atoms with Crippen LogP contribution in [0.1, 0.15) is 31.9 Å². The molecule has 0 fully saturated rings. The number of benzene rings is 2. The number of hydrogen-bond donors (Lipinski definition) is 3. The van der Waals surface area contributed by atoms with Gasteiger partial charge in [-0.1, -0.05) is 17.7 Å². The molecule has 0 spiro atoms. The van der Waals surface area contributed by atoms with Crippen molar-refractivity contribution in [3.05, 3.63) is 58.6 Å². The summed E-state index contributed by atoms with van der Waals surface area (Å²) in [5.74, 6) is -1.27. The lowest BCUT2D eigenvalue weighted by Gasteiger charge is -2.22. The van der Waals surface area contributed by atoms with Crippen LogP contribution in [0.25, 0.3) is 0 Å². The van der Waals surface area contributed by atoms with E-state index in [-0.39, 0.29) is 11.3 Å². The molecule has 2 aromatic carbocycles. The highest BCUT2D eigenvalue weighted by Gasteiger charge is 2.25. The predicted molar refractivity (Wildman–Crippen MR) is 118 cm³/mol. The lowest BCUT2D eigenvalue weighted by atomic mass is 10.0. The smallest absolute Gasteiger partial charge is 0.408 e. The number of ether oxygens (including phenoxy) is 1. The van der Waals surface area contributed by atoms with E-state index in [1.807, 2.05) is 0 Å². The van der Waals surface area contributed by atoms with Gasteiger partial charge >= 0.3 is 12.1 Å². The Labute approximate surface area is 186 Å². The van der Waals surface area contributed by atoms with Crippen LogP contribution in [-0.4, -0.2) is 37.2 Å². The number of amides is 1. The number of nitrogens with one attached hydrogen (secondary N) is 2. The maximum atomic E-state index is 12.8. The molecule has 31 heavy (non-hydrogen) atoms. The zero-order valence-electron chi connectivity index (χ0n) is 17.6. The average molecular weight is 469 g/mol. The van der Waals surface area contributed by atoms with E-state index in [0.717, 1.165) is 0 Å². The Bertz CT molecular complexity index is 1060. The van der Waals surface area contributed by atoms with E-state index in [9.17, 15) is 23.1 Å². The van der Waals surface area contributed by atoms with E-state index in [0.29, 0.717) is 21.8 Å². The molecule has 1 atom stereocenters. The third kappa shape index (κ3) is 7.45. The first kappa shape index (κ1) is 24.5. The summed E-state index contributed by atoms with van der Waals surface area (Å²) in [4.78, 5) is 23.6. The predicted octanol–water partition coefficient (Wildman–Crippen LogP) is 3.97. The van der Waals surface area contributed by atoms with Crippen molar-refractivity contribution in [3.8, 4) is 0 Å². The number of hydrogen-bond acceptors (Lipinski definition) is 5. The molecule has 2 rings (SSSR count).